The Bertz CT molecular complexity index is 401. The Hall–Kier alpha value is -0.590. The van der Waals surface area contributed by atoms with E-state index in [9.17, 15) is 8.42 Å². The summed E-state index contributed by atoms with van der Waals surface area (Å²) in [5.74, 6) is -0.355. The van der Waals surface area contributed by atoms with Gasteiger partial charge in [0.1, 0.15) is 10.6 Å². The van der Waals surface area contributed by atoms with Gasteiger partial charge in [-0.2, -0.15) is 0 Å². The van der Waals surface area contributed by atoms with Gasteiger partial charge in [0.05, 0.1) is 0 Å². The van der Waals surface area contributed by atoms with E-state index in [-0.39, 0.29) is 10.6 Å². The van der Waals surface area contributed by atoms with Gasteiger partial charge in [0.2, 0.25) is 10.0 Å². The fourth-order valence-corrected chi connectivity index (χ4v) is 1.69. The number of hydrogen-bond donors (Lipinski definition) is 2. The standard InChI is InChI=1S/C6H6BrNO3S/c7-4-1-2-6(5(9)3-4)12(8,10)11/h1-3,9H,(H2,8,10,11). The third-order valence-corrected chi connectivity index (χ3v) is 2.68. The molecule has 3 N–H and O–H groups in total. The van der Waals surface area contributed by atoms with Crippen molar-refractivity contribution in [3.63, 3.8) is 0 Å². The van der Waals surface area contributed by atoms with Crippen LogP contribution >= 0.6 is 15.9 Å². The second kappa shape index (κ2) is 3.04. The average molecular weight is 252 g/mol. The van der Waals surface area contributed by atoms with E-state index in [0.29, 0.717) is 4.47 Å². The maximum Gasteiger partial charge on any atom is 0.241 e. The normalized spacial score (nSPS) is 11.5. The van der Waals surface area contributed by atoms with E-state index in [0.717, 1.165) is 0 Å². The third kappa shape index (κ3) is 1.96. The molecule has 0 fully saturated rings. The van der Waals surface area contributed by atoms with Crippen molar-refractivity contribution in [2.24, 2.45) is 5.14 Å². The van der Waals surface area contributed by atoms with Gasteiger partial charge in [0.25, 0.3) is 0 Å². The molecule has 66 valence electrons. The first-order valence-corrected chi connectivity index (χ1v) is 5.26. The third-order valence-electron chi connectivity index (χ3n) is 1.23. The van der Waals surface area contributed by atoms with Crippen LogP contribution in [-0.2, 0) is 10.0 Å². The molecule has 0 atom stereocenters. The molecule has 0 heterocycles. The largest absolute Gasteiger partial charge is 0.506 e. The van der Waals surface area contributed by atoms with E-state index < -0.39 is 10.0 Å². The van der Waals surface area contributed by atoms with Crippen LogP contribution < -0.4 is 5.14 Å². The number of benzene rings is 1. The van der Waals surface area contributed by atoms with Gasteiger partial charge in [-0.1, -0.05) is 15.9 Å². The van der Waals surface area contributed by atoms with Crippen LogP contribution in [0, 0.1) is 0 Å². The van der Waals surface area contributed by atoms with Crippen LogP contribution in [0.25, 0.3) is 0 Å². The lowest BCUT2D eigenvalue weighted by atomic mass is 10.3. The van der Waals surface area contributed by atoms with Crippen molar-refractivity contribution in [1.29, 1.82) is 0 Å². The van der Waals surface area contributed by atoms with E-state index >= 15 is 0 Å². The average Bonchev–Trinajstić information content (AvgIpc) is 1.83. The van der Waals surface area contributed by atoms with E-state index in [2.05, 4.69) is 15.9 Å². The number of aromatic hydroxyl groups is 1. The maximum absolute atomic E-state index is 10.8. The van der Waals surface area contributed by atoms with Gasteiger partial charge in [-0.25, -0.2) is 13.6 Å². The number of phenolic OH excluding ortho intramolecular Hbond substituents is 1. The van der Waals surface area contributed by atoms with Gasteiger partial charge in [-0.05, 0) is 18.2 Å². The zero-order valence-corrected chi connectivity index (χ0v) is 8.26. The number of primary sulfonamides is 1. The summed E-state index contributed by atoms with van der Waals surface area (Å²) >= 11 is 3.07. The minimum atomic E-state index is -3.82. The Balaban J connectivity index is 3.39. The lowest BCUT2D eigenvalue weighted by Gasteiger charge is -2.00. The number of rotatable bonds is 1. The van der Waals surface area contributed by atoms with Crippen LogP contribution in [0.3, 0.4) is 0 Å². The first-order valence-electron chi connectivity index (χ1n) is 2.92. The van der Waals surface area contributed by atoms with Crippen LogP contribution in [0.4, 0.5) is 0 Å². The van der Waals surface area contributed by atoms with Crippen molar-refractivity contribution in [1.82, 2.24) is 0 Å². The number of phenols is 1. The summed E-state index contributed by atoms with van der Waals surface area (Å²) in [6.45, 7) is 0. The molecule has 0 unspecified atom stereocenters. The predicted molar refractivity (Wildman–Crippen MR) is 47.2 cm³/mol. The molecule has 0 amide bonds. The molecule has 0 aliphatic rings. The van der Waals surface area contributed by atoms with Crippen LogP contribution in [0.5, 0.6) is 5.75 Å². The lowest BCUT2D eigenvalue weighted by Crippen LogP contribution is -2.12. The molecule has 6 heteroatoms. The van der Waals surface area contributed by atoms with Gasteiger partial charge in [0.15, 0.2) is 0 Å². The van der Waals surface area contributed by atoms with Gasteiger partial charge < -0.3 is 5.11 Å². The molecule has 4 nitrogen and oxygen atoms in total. The minimum Gasteiger partial charge on any atom is -0.506 e. The summed E-state index contributed by atoms with van der Waals surface area (Å²) in [6.07, 6.45) is 0. The minimum absolute atomic E-state index is 0.272. The molecule has 1 rings (SSSR count). The highest BCUT2D eigenvalue weighted by Gasteiger charge is 2.12. The van der Waals surface area contributed by atoms with Gasteiger partial charge >= 0.3 is 0 Å². The molecule has 0 bridgehead atoms. The first-order chi connectivity index (χ1) is 5.41. The summed E-state index contributed by atoms with van der Waals surface area (Å²) < 4.78 is 22.1. The van der Waals surface area contributed by atoms with Crippen molar-refractivity contribution >= 4 is 26.0 Å². The Morgan fingerprint density at radius 3 is 2.42 bits per heavy atom. The number of hydrogen-bond acceptors (Lipinski definition) is 3. The number of nitrogens with two attached hydrogens (primary N) is 1. The predicted octanol–water partition coefficient (Wildman–Crippen LogP) is 0.802. The molecule has 0 saturated heterocycles. The molecular formula is C6H6BrNO3S. The zero-order chi connectivity index (χ0) is 9.35. The Kier molecular flexibility index (Phi) is 2.41. The summed E-state index contributed by atoms with van der Waals surface area (Å²) in [5, 5.41) is 13.9. The molecule has 12 heavy (non-hydrogen) atoms. The topological polar surface area (TPSA) is 80.4 Å². The number of halogens is 1. The van der Waals surface area contributed by atoms with Crippen LogP contribution in [0.15, 0.2) is 27.6 Å². The highest BCUT2D eigenvalue weighted by atomic mass is 79.9. The molecule has 0 aromatic heterocycles. The van der Waals surface area contributed by atoms with Crippen LogP contribution in [0.1, 0.15) is 0 Å². The highest BCUT2D eigenvalue weighted by molar-refractivity contribution is 9.10. The second-order valence-electron chi connectivity index (χ2n) is 2.16. The van der Waals surface area contributed by atoms with E-state index in [1.54, 1.807) is 0 Å². The van der Waals surface area contributed by atoms with E-state index in [4.69, 9.17) is 10.2 Å². The molecular weight excluding hydrogens is 246 g/mol. The SMILES string of the molecule is NS(=O)(=O)c1ccc(Br)cc1O. The first kappa shape index (κ1) is 9.50. The Morgan fingerprint density at radius 1 is 1.42 bits per heavy atom. The molecule has 1 aromatic rings. The lowest BCUT2D eigenvalue weighted by molar-refractivity contribution is 0.458. The Morgan fingerprint density at radius 2 is 2.00 bits per heavy atom. The van der Waals surface area contributed by atoms with Gasteiger partial charge in [-0.3, -0.25) is 0 Å². The molecule has 0 spiro atoms. The summed E-state index contributed by atoms with van der Waals surface area (Å²) in [4.78, 5) is -0.272. The molecule has 0 aliphatic carbocycles. The maximum atomic E-state index is 10.8. The Labute approximate surface area is 78.2 Å². The molecule has 0 aliphatic heterocycles. The summed E-state index contributed by atoms with van der Waals surface area (Å²) in [6, 6.07) is 3.98. The van der Waals surface area contributed by atoms with Crippen LogP contribution in [0.2, 0.25) is 0 Å². The van der Waals surface area contributed by atoms with Crippen molar-refractivity contribution < 1.29 is 13.5 Å². The quantitative estimate of drug-likeness (QED) is 0.775. The van der Waals surface area contributed by atoms with Crippen molar-refractivity contribution in [3.8, 4) is 5.75 Å². The smallest absolute Gasteiger partial charge is 0.241 e. The van der Waals surface area contributed by atoms with E-state index in [1.807, 2.05) is 0 Å². The van der Waals surface area contributed by atoms with Crippen molar-refractivity contribution in [2.75, 3.05) is 0 Å². The van der Waals surface area contributed by atoms with Crippen molar-refractivity contribution in [3.05, 3.63) is 22.7 Å². The van der Waals surface area contributed by atoms with E-state index in [1.165, 1.54) is 18.2 Å². The molecule has 1 aromatic carbocycles. The number of sulfonamides is 1. The summed E-state index contributed by atoms with van der Waals surface area (Å²) in [7, 11) is -3.82. The monoisotopic (exact) mass is 251 g/mol. The zero-order valence-electron chi connectivity index (χ0n) is 5.86. The highest BCUT2D eigenvalue weighted by Crippen LogP contribution is 2.24. The van der Waals surface area contributed by atoms with Crippen LogP contribution in [-0.4, -0.2) is 13.5 Å². The van der Waals surface area contributed by atoms with Gasteiger partial charge in [0, 0.05) is 4.47 Å². The molecule has 0 radical (unpaired) electrons. The second-order valence-corrected chi connectivity index (χ2v) is 4.60. The summed E-state index contributed by atoms with van der Waals surface area (Å²) in [5.41, 5.74) is 0. The van der Waals surface area contributed by atoms with Crippen molar-refractivity contribution in [2.45, 2.75) is 4.90 Å². The molecule has 0 saturated carbocycles. The fourth-order valence-electron chi connectivity index (χ4n) is 0.731. The van der Waals surface area contributed by atoms with Gasteiger partial charge in [-0.15, -0.1) is 0 Å². The fraction of sp³-hybridized carbons (Fsp3) is 0.